The van der Waals surface area contributed by atoms with E-state index in [-0.39, 0.29) is 12.1 Å². The van der Waals surface area contributed by atoms with E-state index in [1.165, 1.54) is 0 Å². The summed E-state index contributed by atoms with van der Waals surface area (Å²) in [5, 5.41) is 0. The first kappa shape index (κ1) is 10.6. The summed E-state index contributed by atoms with van der Waals surface area (Å²) < 4.78 is 39.0. The van der Waals surface area contributed by atoms with E-state index < -0.39 is 17.7 Å². The van der Waals surface area contributed by atoms with Crippen LogP contribution in [0, 0.1) is 0 Å². The van der Waals surface area contributed by atoms with Gasteiger partial charge in [-0.2, -0.15) is 0 Å². The van der Waals surface area contributed by atoms with Crippen molar-refractivity contribution in [3.05, 3.63) is 28.2 Å². The minimum atomic E-state index is -4.79. The average Bonchev–Trinajstić information content (AvgIpc) is 2.06. The van der Waals surface area contributed by atoms with E-state index in [2.05, 4.69) is 9.72 Å². The number of hydrogen-bond acceptors (Lipinski definition) is 3. The number of pyridine rings is 1. The molecular weight excluding hydrogens is 201 g/mol. The van der Waals surface area contributed by atoms with Crippen molar-refractivity contribution in [2.75, 3.05) is 0 Å². The minimum absolute atomic E-state index is 0.00562. The predicted molar refractivity (Wildman–Crippen MR) is 41.6 cm³/mol. The molecule has 1 aromatic heterocycles. The topological polar surface area (TPSA) is 68.1 Å². The highest BCUT2D eigenvalue weighted by atomic mass is 19.4. The Kier molecular flexibility index (Phi) is 2.80. The molecule has 1 rings (SSSR count). The van der Waals surface area contributed by atoms with Gasteiger partial charge in [-0.25, -0.2) is 0 Å². The summed E-state index contributed by atoms with van der Waals surface area (Å²) in [5.41, 5.74) is 4.62. The lowest BCUT2D eigenvalue weighted by atomic mass is 10.2. The molecule has 0 radical (unpaired) electrons. The number of nitrogens with one attached hydrogen (secondary N) is 1. The fourth-order valence-electron chi connectivity index (χ4n) is 0.880. The van der Waals surface area contributed by atoms with Crippen LogP contribution in [0.4, 0.5) is 13.2 Å². The van der Waals surface area contributed by atoms with Gasteiger partial charge >= 0.3 is 6.36 Å². The van der Waals surface area contributed by atoms with Crippen LogP contribution in [-0.4, -0.2) is 11.3 Å². The van der Waals surface area contributed by atoms with Crippen LogP contribution in [0.2, 0.25) is 0 Å². The highest BCUT2D eigenvalue weighted by molar-refractivity contribution is 5.29. The van der Waals surface area contributed by atoms with Crippen LogP contribution in [0.3, 0.4) is 0 Å². The number of aromatic nitrogens is 1. The zero-order chi connectivity index (χ0) is 10.8. The molecule has 0 amide bonds. The summed E-state index contributed by atoms with van der Waals surface area (Å²) in [6, 6.07) is 0.959. The van der Waals surface area contributed by atoms with Crippen molar-refractivity contribution in [3.63, 3.8) is 0 Å². The molecule has 0 fully saturated rings. The van der Waals surface area contributed by atoms with Gasteiger partial charge < -0.3 is 15.5 Å². The molecule has 1 heterocycles. The molecule has 0 spiro atoms. The molecule has 0 aliphatic heterocycles. The zero-order valence-electron chi connectivity index (χ0n) is 6.89. The average molecular weight is 208 g/mol. The van der Waals surface area contributed by atoms with Gasteiger partial charge in [0.05, 0.1) is 0 Å². The second-order valence-electron chi connectivity index (χ2n) is 2.44. The summed E-state index contributed by atoms with van der Waals surface area (Å²) in [6.45, 7) is -0.199. The van der Waals surface area contributed by atoms with Crippen LogP contribution in [0.1, 0.15) is 5.56 Å². The molecule has 1 aromatic rings. The quantitative estimate of drug-likeness (QED) is 0.752. The predicted octanol–water partition coefficient (Wildman–Crippen LogP) is 0.732. The second kappa shape index (κ2) is 3.70. The molecule has 0 aliphatic rings. The second-order valence-corrected chi connectivity index (χ2v) is 2.44. The summed E-state index contributed by atoms with van der Waals surface area (Å²) in [5.74, 6) is -0.486. The third-order valence-electron chi connectivity index (χ3n) is 1.41. The van der Waals surface area contributed by atoms with Gasteiger partial charge in [0, 0.05) is 24.4 Å². The highest BCUT2D eigenvalue weighted by Crippen LogP contribution is 2.24. The van der Waals surface area contributed by atoms with Gasteiger partial charge in [0.1, 0.15) is 5.75 Å². The molecule has 0 bridgehead atoms. The van der Waals surface area contributed by atoms with E-state index >= 15 is 0 Å². The third kappa shape index (κ3) is 2.77. The van der Waals surface area contributed by atoms with E-state index in [0.717, 1.165) is 12.3 Å². The Hall–Kier alpha value is -1.50. The third-order valence-corrected chi connectivity index (χ3v) is 1.41. The standard InChI is InChI=1S/C7H7F3N2O2/c8-7(9,10)14-5-3-12-6(13)1-4(5)2-11/h1,3H,2,11H2,(H,12,13). The van der Waals surface area contributed by atoms with Crippen LogP contribution < -0.4 is 16.0 Å². The number of aromatic amines is 1. The Balaban J connectivity index is 3.03. The van der Waals surface area contributed by atoms with E-state index in [9.17, 15) is 18.0 Å². The molecular formula is C7H7F3N2O2. The van der Waals surface area contributed by atoms with Crippen molar-refractivity contribution in [3.8, 4) is 5.75 Å². The van der Waals surface area contributed by atoms with Gasteiger partial charge in [-0.05, 0) is 0 Å². The van der Waals surface area contributed by atoms with Crippen molar-refractivity contribution in [2.24, 2.45) is 5.73 Å². The lowest BCUT2D eigenvalue weighted by molar-refractivity contribution is -0.275. The molecule has 4 nitrogen and oxygen atoms in total. The molecule has 0 aliphatic carbocycles. The van der Waals surface area contributed by atoms with Gasteiger partial charge in [-0.15, -0.1) is 13.2 Å². The molecule has 0 aromatic carbocycles. The van der Waals surface area contributed by atoms with Crippen molar-refractivity contribution >= 4 is 0 Å². The number of H-pyrrole nitrogens is 1. The Labute approximate surface area is 76.5 Å². The smallest absolute Gasteiger partial charge is 0.404 e. The molecule has 78 valence electrons. The highest BCUT2D eigenvalue weighted by Gasteiger charge is 2.32. The lowest BCUT2D eigenvalue weighted by Crippen LogP contribution is -2.20. The van der Waals surface area contributed by atoms with Gasteiger partial charge in [0.2, 0.25) is 5.56 Å². The Morgan fingerprint density at radius 2 is 2.14 bits per heavy atom. The maximum Gasteiger partial charge on any atom is 0.573 e. The van der Waals surface area contributed by atoms with Crippen molar-refractivity contribution < 1.29 is 17.9 Å². The number of halogens is 3. The fourth-order valence-corrected chi connectivity index (χ4v) is 0.880. The summed E-state index contributed by atoms with van der Waals surface area (Å²) in [6.07, 6.45) is -3.96. The van der Waals surface area contributed by atoms with E-state index in [1.54, 1.807) is 0 Å². The monoisotopic (exact) mass is 208 g/mol. The zero-order valence-corrected chi connectivity index (χ0v) is 6.89. The van der Waals surface area contributed by atoms with Crippen LogP contribution in [0.25, 0.3) is 0 Å². The SMILES string of the molecule is NCc1cc(=O)[nH]cc1OC(F)(F)F. The number of alkyl halides is 3. The minimum Gasteiger partial charge on any atom is -0.404 e. The van der Waals surface area contributed by atoms with Crippen LogP contribution in [0.15, 0.2) is 17.1 Å². The fraction of sp³-hybridized carbons (Fsp3) is 0.286. The first-order valence-corrected chi connectivity index (χ1v) is 3.60. The summed E-state index contributed by atoms with van der Waals surface area (Å²) in [4.78, 5) is 12.8. The van der Waals surface area contributed by atoms with E-state index in [1.807, 2.05) is 0 Å². The Bertz CT molecular complexity index is 372. The van der Waals surface area contributed by atoms with E-state index in [0.29, 0.717) is 0 Å². The molecule has 3 N–H and O–H groups in total. The van der Waals surface area contributed by atoms with Gasteiger partial charge in [0.15, 0.2) is 0 Å². The van der Waals surface area contributed by atoms with Crippen LogP contribution in [-0.2, 0) is 6.54 Å². The Morgan fingerprint density at radius 1 is 1.50 bits per heavy atom. The number of rotatable bonds is 2. The normalized spacial score (nSPS) is 11.4. The lowest BCUT2D eigenvalue weighted by Gasteiger charge is -2.11. The van der Waals surface area contributed by atoms with Gasteiger partial charge in [-0.1, -0.05) is 0 Å². The molecule has 7 heteroatoms. The van der Waals surface area contributed by atoms with Crippen molar-refractivity contribution in [2.45, 2.75) is 12.9 Å². The molecule has 0 unspecified atom stereocenters. The largest absolute Gasteiger partial charge is 0.573 e. The molecule has 0 saturated heterocycles. The maximum absolute atomic E-state index is 11.8. The van der Waals surface area contributed by atoms with Crippen LogP contribution >= 0.6 is 0 Å². The van der Waals surface area contributed by atoms with Gasteiger partial charge in [-0.3, -0.25) is 4.79 Å². The summed E-state index contributed by atoms with van der Waals surface area (Å²) in [7, 11) is 0. The van der Waals surface area contributed by atoms with Crippen molar-refractivity contribution in [1.29, 1.82) is 0 Å². The molecule has 0 saturated carbocycles. The summed E-state index contributed by atoms with van der Waals surface area (Å²) >= 11 is 0. The molecule has 14 heavy (non-hydrogen) atoms. The Morgan fingerprint density at radius 3 is 2.64 bits per heavy atom. The first-order valence-electron chi connectivity index (χ1n) is 3.60. The number of hydrogen-bond donors (Lipinski definition) is 2. The van der Waals surface area contributed by atoms with E-state index in [4.69, 9.17) is 5.73 Å². The molecule has 0 atom stereocenters. The van der Waals surface area contributed by atoms with Crippen LogP contribution in [0.5, 0.6) is 5.75 Å². The number of ether oxygens (including phenoxy) is 1. The maximum atomic E-state index is 11.8. The number of nitrogens with two attached hydrogens (primary N) is 1. The van der Waals surface area contributed by atoms with Gasteiger partial charge in [0.25, 0.3) is 0 Å². The van der Waals surface area contributed by atoms with Crippen molar-refractivity contribution in [1.82, 2.24) is 4.98 Å². The first-order chi connectivity index (χ1) is 6.42.